The molecular formula is C12H12N4O2+2. The van der Waals surface area contributed by atoms with E-state index in [0.717, 1.165) is 11.1 Å². The second-order valence-electron chi connectivity index (χ2n) is 3.66. The fourth-order valence-electron chi connectivity index (χ4n) is 1.53. The van der Waals surface area contributed by atoms with Crippen molar-refractivity contribution in [3.8, 4) is 11.1 Å². The molecule has 2 aromatic rings. The highest BCUT2D eigenvalue weighted by atomic mass is 16.2. The van der Waals surface area contributed by atoms with Gasteiger partial charge in [-0.2, -0.15) is 18.7 Å². The van der Waals surface area contributed by atoms with E-state index in [1.54, 1.807) is 49.1 Å². The van der Waals surface area contributed by atoms with Gasteiger partial charge in [0.2, 0.25) is 0 Å². The van der Waals surface area contributed by atoms with Crippen molar-refractivity contribution in [1.82, 2.24) is 0 Å². The zero-order valence-electron chi connectivity index (χ0n) is 9.48. The molecule has 90 valence electrons. The van der Waals surface area contributed by atoms with Crippen LogP contribution in [-0.4, -0.2) is 12.1 Å². The van der Waals surface area contributed by atoms with Crippen LogP contribution in [0.3, 0.4) is 0 Å². The molecule has 0 spiro atoms. The van der Waals surface area contributed by atoms with Gasteiger partial charge in [0, 0.05) is 0 Å². The Hall–Kier alpha value is -2.76. The maximum absolute atomic E-state index is 10.9. The molecule has 0 saturated heterocycles. The first kappa shape index (κ1) is 11.7. The molecule has 2 aromatic heterocycles. The highest BCUT2D eigenvalue weighted by Gasteiger charge is 2.08. The number of nitrogens with zero attached hydrogens (tertiary/aromatic N) is 2. The minimum absolute atomic E-state index is 0.541. The summed E-state index contributed by atoms with van der Waals surface area (Å²) in [6.45, 7) is 0. The van der Waals surface area contributed by atoms with E-state index in [1.165, 1.54) is 9.13 Å². The molecule has 2 heterocycles. The summed E-state index contributed by atoms with van der Waals surface area (Å²) in [6.07, 6.45) is 6.30. The molecule has 0 aliphatic carbocycles. The van der Waals surface area contributed by atoms with Gasteiger partial charge in [0.1, 0.15) is 0 Å². The number of hydrogen-bond donors (Lipinski definition) is 2. The lowest BCUT2D eigenvalue weighted by atomic mass is 10.1. The Bertz CT molecular complexity index is 535. The van der Waals surface area contributed by atoms with Gasteiger partial charge in [0.25, 0.3) is 0 Å². The fraction of sp³-hybridized carbons (Fsp3) is 0. The Balaban J connectivity index is 2.31. The lowest BCUT2D eigenvalue weighted by Gasteiger charge is -2.00. The molecule has 0 aliphatic heterocycles. The number of pyridine rings is 2. The summed E-state index contributed by atoms with van der Waals surface area (Å²) in [5, 5.41) is 0. The van der Waals surface area contributed by atoms with Crippen LogP contribution >= 0.6 is 0 Å². The van der Waals surface area contributed by atoms with Crippen LogP contribution in [0.5, 0.6) is 0 Å². The van der Waals surface area contributed by atoms with E-state index in [9.17, 15) is 9.59 Å². The van der Waals surface area contributed by atoms with Crippen LogP contribution in [0, 0.1) is 0 Å². The van der Waals surface area contributed by atoms with Crippen molar-refractivity contribution in [3.05, 3.63) is 49.1 Å². The van der Waals surface area contributed by atoms with Gasteiger partial charge in [-0.1, -0.05) is 0 Å². The molecule has 0 atom stereocenters. The summed E-state index contributed by atoms with van der Waals surface area (Å²) in [7, 11) is 0. The molecule has 6 heteroatoms. The summed E-state index contributed by atoms with van der Waals surface area (Å²) in [4.78, 5) is 21.8. The van der Waals surface area contributed by atoms with Crippen LogP contribution in [0.25, 0.3) is 11.1 Å². The first-order valence-corrected chi connectivity index (χ1v) is 5.20. The number of amides is 2. The van der Waals surface area contributed by atoms with E-state index in [4.69, 9.17) is 11.5 Å². The summed E-state index contributed by atoms with van der Waals surface area (Å²) in [6, 6.07) is 5.95. The molecule has 0 saturated carbocycles. The normalized spacial score (nSPS) is 10.0. The average molecular weight is 244 g/mol. The molecule has 0 unspecified atom stereocenters. The number of rotatable bonds is 1. The monoisotopic (exact) mass is 244 g/mol. The minimum atomic E-state index is -0.541. The van der Waals surface area contributed by atoms with Gasteiger partial charge >= 0.3 is 12.1 Å². The number of nitrogens with two attached hydrogens (primary N) is 2. The Morgan fingerprint density at radius 1 is 0.722 bits per heavy atom. The highest BCUT2D eigenvalue weighted by molar-refractivity contribution is 5.65. The van der Waals surface area contributed by atoms with Gasteiger partial charge in [-0.3, -0.25) is 11.5 Å². The molecule has 0 aliphatic rings. The zero-order valence-corrected chi connectivity index (χ0v) is 9.48. The molecule has 0 bridgehead atoms. The second kappa shape index (κ2) is 4.62. The van der Waals surface area contributed by atoms with E-state index in [-0.39, 0.29) is 0 Å². The smallest absolute Gasteiger partial charge is 0.250 e. The number of carbonyl (C=O) groups excluding carboxylic acids is 2. The molecule has 4 N–H and O–H groups in total. The van der Waals surface area contributed by atoms with Gasteiger partial charge in [-0.25, -0.2) is 0 Å². The topological polar surface area (TPSA) is 93.9 Å². The Morgan fingerprint density at radius 3 is 1.22 bits per heavy atom. The van der Waals surface area contributed by atoms with Crippen LogP contribution in [0.15, 0.2) is 49.1 Å². The maximum atomic E-state index is 10.9. The first-order valence-electron chi connectivity index (χ1n) is 5.20. The van der Waals surface area contributed by atoms with E-state index < -0.39 is 12.1 Å². The van der Waals surface area contributed by atoms with Crippen LogP contribution < -0.4 is 20.6 Å². The molecule has 0 radical (unpaired) electrons. The van der Waals surface area contributed by atoms with Gasteiger partial charge in [-0.05, 0) is 35.4 Å². The van der Waals surface area contributed by atoms with Crippen molar-refractivity contribution in [2.75, 3.05) is 0 Å². The molecule has 2 rings (SSSR count). The number of carbonyl (C=O) groups is 2. The largest absolute Gasteiger partial charge is 0.493 e. The number of primary amides is 2. The van der Waals surface area contributed by atoms with Crippen LogP contribution in [0.2, 0.25) is 0 Å². The predicted molar refractivity (Wildman–Crippen MR) is 62.2 cm³/mol. The molecule has 2 amide bonds. The third kappa shape index (κ3) is 2.32. The van der Waals surface area contributed by atoms with E-state index in [0.29, 0.717) is 0 Å². The zero-order chi connectivity index (χ0) is 13.1. The van der Waals surface area contributed by atoms with Crippen molar-refractivity contribution >= 4 is 12.1 Å². The lowest BCUT2D eigenvalue weighted by Crippen LogP contribution is -2.46. The Morgan fingerprint density at radius 2 is 1.00 bits per heavy atom. The second-order valence-corrected chi connectivity index (χ2v) is 3.66. The molecule has 0 fully saturated rings. The van der Waals surface area contributed by atoms with Crippen molar-refractivity contribution in [2.24, 2.45) is 11.5 Å². The predicted octanol–water partition coefficient (Wildman–Crippen LogP) is -0.218. The fourth-order valence-corrected chi connectivity index (χ4v) is 1.53. The summed E-state index contributed by atoms with van der Waals surface area (Å²) in [5.74, 6) is 0. The van der Waals surface area contributed by atoms with Crippen molar-refractivity contribution in [1.29, 1.82) is 0 Å². The first-order chi connectivity index (χ1) is 8.58. The lowest BCUT2D eigenvalue weighted by molar-refractivity contribution is -0.570. The van der Waals surface area contributed by atoms with Crippen LogP contribution in [0.4, 0.5) is 9.59 Å². The summed E-state index contributed by atoms with van der Waals surface area (Å²) in [5.41, 5.74) is 12.1. The van der Waals surface area contributed by atoms with Gasteiger partial charge in [0.05, 0.1) is 24.8 Å². The quantitative estimate of drug-likeness (QED) is 0.679. The highest BCUT2D eigenvalue weighted by Crippen LogP contribution is 2.15. The van der Waals surface area contributed by atoms with Crippen molar-refractivity contribution in [2.45, 2.75) is 0 Å². The number of hydrogen-bond acceptors (Lipinski definition) is 2. The third-order valence-corrected chi connectivity index (χ3v) is 2.50. The Kier molecular flexibility index (Phi) is 3.01. The standard InChI is InChI=1S/C12H10N4O2/c13-11(17)15-5-1-9(2-6-15)10-3-7-16(8-4-10)12(14)18/h1-8H,(H2-2,13,14,17,18)/p+2. The number of aromatic nitrogens is 2. The van der Waals surface area contributed by atoms with Crippen LogP contribution in [-0.2, 0) is 0 Å². The SMILES string of the molecule is NC(=O)[n+]1ccc(-c2cc[n+](C(N)=O)cc2)cc1. The van der Waals surface area contributed by atoms with Gasteiger partial charge in [-0.15, -0.1) is 0 Å². The van der Waals surface area contributed by atoms with E-state index >= 15 is 0 Å². The minimum Gasteiger partial charge on any atom is -0.250 e. The third-order valence-electron chi connectivity index (χ3n) is 2.50. The molecule has 6 nitrogen and oxygen atoms in total. The molecular weight excluding hydrogens is 232 g/mol. The van der Waals surface area contributed by atoms with E-state index in [2.05, 4.69) is 0 Å². The maximum Gasteiger partial charge on any atom is 0.493 e. The van der Waals surface area contributed by atoms with Gasteiger partial charge < -0.3 is 0 Å². The average Bonchev–Trinajstić information content (AvgIpc) is 2.39. The summed E-state index contributed by atoms with van der Waals surface area (Å²) < 4.78 is 2.55. The van der Waals surface area contributed by atoms with Crippen molar-refractivity contribution < 1.29 is 18.7 Å². The molecule has 18 heavy (non-hydrogen) atoms. The van der Waals surface area contributed by atoms with Crippen LogP contribution in [0.1, 0.15) is 0 Å². The van der Waals surface area contributed by atoms with Crippen molar-refractivity contribution in [3.63, 3.8) is 0 Å². The van der Waals surface area contributed by atoms with Gasteiger partial charge in [0.15, 0.2) is 0 Å². The Labute approximate surface area is 103 Å². The molecule has 0 aromatic carbocycles. The van der Waals surface area contributed by atoms with E-state index in [1.807, 2.05) is 0 Å². The summed E-state index contributed by atoms with van der Waals surface area (Å²) >= 11 is 0.